The summed E-state index contributed by atoms with van der Waals surface area (Å²) in [5.41, 5.74) is 0.761. The van der Waals surface area contributed by atoms with Crippen molar-refractivity contribution in [2.24, 2.45) is 0 Å². The Kier molecular flexibility index (Phi) is 5.51. The predicted octanol–water partition coefficient (Wildman–Crippen LogP) is 0.330. The number of nitrogens with one attached hydrogen (secondary N) is 3. The van der Waals surface area contributed by atoms with E-state index in [0.717, 1.165) is 5.56 Å². The molecule has 0 aromatic heterocycles. The Morgan fingerprint density at radius 2 is 1.70 bits per heavy atom. The molecule has 0 bridgehead atoms. The number of sulfonamides is 1. The van der Waals surface area contributed by atoms with Gasteiger partial charge in [0.2, 0.25) is 5.91 Å². The fourth-order valence-electron chi connectivity index (χ4n) is 1.39. The summed E-state index contributed by atoms with van der Waals surface area (Å²) in [6, 6.07) is 5.12. The Balaban J connectivity index is 2.76. The molecule has 0 spiro atoms. The van der Waals surface area contributed by atoms with E-state index in [-0.39, 0.29) is 10.8 Å². The molecule has 0 atom stereocenters. The van der Waals surface area contributed by atoms with Crippen molar-refractivity contribution in [3.8, 4) is 0 Å². The Bertz CT molecular complexity index is 581. The number of amides is 3. The average Bonchev–Trinajstić information content (AvgIpc) is 2.36. The van der Waals surface area contributed by atoms with Crippen LogP contribution in [0.4, 0.5) is 4.79 Å². The van der Waals surface area contributed by atoms with Crippen molar-refractivity contribution in [3.05, 3.63) is 29.8 Å². The Hall–Kier alpha value is -2.09. The molecule has 0 saturated carbocycles. The first kappa shape index (κ1) is 16.0. The second-order valence-corrected chi connectivity index (χ2v) is 5.70. The molecule has 3 N–H and O–H groups in total. The number of hydrogen-bond acceptors (Lipinski definition) is 4. The summed E-state index contributed by atoms with van der Waals surface area (Å²) in [5, 5.41) is 4.94. The van der Waals surface area contributed by atoms with E-state index in [4.69, 9.17) is 0 Å². The standard InChI is InChI=1S/C12H17N3O4S/c1-3-13-12(17)15-20(18,19)11-6-4-10(5-7-11)8-14-9(2)16/h4-7H,3,8H2,1-2H3,(H,14,16)(H2,13,15,17). The SMILES string of the molecule is CCNC(=O)NS(=O)(=O)c1ccc(CNC(C)=O)cc1. The van der Waals surface area contributed by atoms with Crippen molar-refractivity contribution in [1.29, 1.82) is 0 Å². The minimum Gasteiger partial charge on any atom is -0.352 e. The molecule has 0 aliphatic heterocycles. The monoisotopic (exact) mass is 299 g/mol. The zero-order chi connectivity index (χ0) is 15.2. The van der Waals surface area contributed by atoms with E-state index < -0.39 is 16.1 Å². The summed E-state index contributed by atoms with van der Waals surface area (Å²) in [6.07, 6.45) is 0. The number of hydrogen-bond donors (Lipinski definition) is 3. The number of urea groups is 1. The van der Waals surface area contributed by atoms with Crippen molar-refractivity contribution < 1.29 is 18.0 Å². The number of carbonyl (C=O) groups is 2. The largest absolute Gasteiger partial charge is 0.352 e. The molecule has 0 unspecified atom stereocenters. The summed E-state index contributed by atoms with van der Waals surface area (Å²) in [7, 11) is -3.88. The maximum absolute atomic E-state index is 11.9. The van der Waals surface area contributed by atoms with Crippen LogP contribution < -0.4 is 15.4 Å². The highest BCUT2D eigenvalue weighted by molar-refractivity contribution is 7.90. The quantitative estimate of drug-likeness (QED) is 0.728. The second kappa shape index (κ2) is 6.90. The topological polar surface area (TPSA) is 104 Å². The molecule has 1 aromatic rings. The van der Waals surface area contributed by atoms with Gasteiger partial charge in [-0.25, -0.2) is 17.9 Å². The van der Waals surface area contributed by atoms with Crippen LogP contribution in [0.5, 0.6) is 0 Å². The second-order valence-electron chi connectivity index (χ2n) is 4.02. The third-order valence-corrected chi connectivity index (χ3v) is 3.69. The maximum atomic E-state index is 11.9. The summed E-state index contributed by atoms with van der Waals surface area (Å²) in [6.45, 7) is 3.73. The first-order chi connectivity index (χ1) is 9.35. The molecular formula is C12H17N3O4S. The van der Waals surface area contributed by atoms with E-state index >= 15 is 0 Å². The molecule has 0 aliphatic rings. The van der Waals surface area contributed by atoms with Crippen molar-refractivity contribution in [2.75, 3.05) is 6.54 Å². The van der Waals surface area contributed by atoms with E-state index in [1.807, 2.05) is 4.72 Å². The molecule has 20 heavy (non-hydrogen) atoms. The lowest BCUT2D eigenvalue weighted by atomic mass is 10.2. The van der Waals surface area contributed by atoms with Crippen molar-refractivity contribution >= 4 is 22.0 Å². The van der Waals surface area contributed by atoms with Gasteiger partial charge in [-0.1, -0.05) is 12.1 Å². The molecule has 0 heterocycles. The Labute approximate surface area is 117 Å². The molecule has 1 aromatic carbocycles. The summed E-state index contributed by atoms with van der Waals surface area (Å²) in [5.74, 6) is -0.167. The molecule has 3 amide bonds. The van der Waals surface area contributed by atoms with Gasteiger partial charge >= 0.3 is 6.03 Å². The van der Waals surface area contributed by atoms with Crippen LogP contribution in [0.15, 0.2) is 29.2 Å². The van der Waals surface area contributed by atoms with E-state index in [9.17, 15) is 18.0 Å². The smallest absolute Gasteiger partial charge is 0.328 e. The van der Waals surface area contributed by atoms with Gasteiger partial charge in [0, 0.05) is 20.0 Å². The molecule has 0 fully saturated rings. The van der Waals surface area contributed by atoms with Crippen molar-refractivity contribution in [2.45, 2.75) is 25.3 Å². The fourth-order valence-corrected chi connectivity index (χ4v) is 2.32. The van der Waals surface area contributed by atoms with Gasteiger partial charge < -0.3 is 10.6 Å². The van der Waals surface area contributed by atoms with E-state index in [1.165, 1.54) is 19.1 Å². The van der Waals surface area contributed by atoms with Crippen LogP contribution in [0.1, 0.15) is 19.4 Å². The summed E-state index contributed by atoms with van der Waals surface area (Å²) in [4.78, 5) is 22.0. The lowest BCUT2D eigenvalue weighted by molar-refractivity contribution is -0.119. The lowest BCUT2D eigenvalue weighted by Gasteiger charge is -2.08. The highest BCUT2D eigenvalue weighted by Gasteiger charge is 2.16. The van der Waals surface area contributed by atoms with Gasteiger partial charge in [-0.05, 0) is 24.6 Å². The van der Waals surface area contributed by atoms with Gasteiger partial charge in [0.1, 0.15) is 0 Å². The minimum atomic E-state index is -3.88. The van der Waals surface area contributed by atoms with Crippen LogP contribution in [0.25, 0.3) is 0 Å². The molecule has 0 saturated heterocycles. The van der Waals surface area contributed by atoms with Crippen LogP contribution in [-0.4, -0.2) is 26.9 Å². The molecule has 8 heteroatoms. The van der Waals surface area contributed by atoms with Crippen LogP contribution in [0.3, 0.4) is 0 Å². The number of carbonyl (C=O) groups excluding carboxylic acids is 2. The van der Waals surface area contributed by atoms with Gasteiger partial charge in [-0.3, -0.25) is 4.79 Å². The van der Waals surface area contributed by atoms with Crippen molar-refractivity contribution in [3.63, 3.8) is 0 Å². The zero-order valence-electron chi connectivity index (χ0n) is 11.3. The first-order valence-electron chi connectivity index (χ1n) is 5.99. The zero-order valence-corrected chi connectivity index (χ0v) is 12.1. The highest BCUT2D eigenvalue weighted by atomic mass is 32.2. The van der Waals surface area contributed by atoms with E-state index in [2.05, 4.69) is 10.6 Å². The molecular weight excluding hydrogens is 282 g/mol. The summed E-state index contributed by atoms with van der Waals surface area (Å²) >= 11 is 0. The van der Waals surface area contributed by atoms with Gasteiger partial charge in [-0.15, -0.1) is 0 Å². The summed E-state index contributed by atoms with van der Waals surface area (Å²) < 4.78 is 25.6. The first-order valence-corrected chi connectivity index (χ1v) is 7.47. The molecule has 7 nitrogen and oxygen atoms in total. The molecule has 1 rings (SSSR count). The van der Waals surface area contributed by atoms with Crippen LogP contribution >= 0.6 is 0 Å². The fraction of sp³-hybridized carbons (Fsp3) is 0.333. The number of rotatable bonds is 5. The van der Waals surface area contributed by atoms with Gasteiger partial charge in [0.25, 0.3) is 10.0 Å². The van der Waals surface area contributed by atoms with E-state index in [1.54, 1.807) is 19.1 Å². The minimum absolute atomic E-state index is 0.0182. The van der Waals surface area contributed by atoms with E-state index in [0.29, 0.717) is 13.1 Å². The Morgan fingerprint density at radius 3 is 2.20 bits per heavy atom. The van der Waals surface area contributed by atoms with Crippen LogP contribution in [0.2, 0.25) is 0 Å². The molecule has 0 radical (unpaired) electrons. The van der Waals surface area contributed by atoms with Crippen molar-refractivity contribution in [1.82, 2.24) is 15.4 Å². The predicted molar refractivity (Wildman–Crippen MR) is 73.4 cm³/mol. The third kappa shape index (κ3) is 4.88. The molecule has 0 aliphatic carbocycles. The highest BCUT2D eigenvalue weighted by Crippen LogP contribution is 2.10. The van der Waals surface area contributed by atoms with Crippen LogP contribution in [0, 0.1) is 0 Å². The normalized spacial score (nSPS) is 10.7. The van der Waals surface area contributed by atoms with Gasteiger partial charge in [-0.2, -0.15) is 0 Å². The Morgan fingerprint density at radius 1 is 1.10 bits per heavy atom. The average molecular weight is 299 g/mol. The lowest BCUT2D eigenvalue weighted by Crippen LogP contribution is -2.39. The maximum Gasteiger partial charge on any atom is 0.328 e. The third-order valence-electron chi connectivity index (χ3n) is 2.34. The van der Waals surface area contributed by atoms with Crippen LogP contribution in [-0.2, 0) is 21.4 Å². The van der Waals surface area contributed by atoms with Gasteiger partial charge in [0.15, 0.2) is 0 Å². The number of benzene rings is 1. The van der Waals surface area contributed by atoms with Gasteiger partial charge in [0.05, 0.1) is 4.90 Å². The molecule has 110 valence electrons.